The highest BCUT2D eigenvalue weighted by Crippen LogP contribution is 2.59. The lowest BCUT2D eigenvalue weighted by Crippen LogP contribution is -2.58. The molecule has 2 aliphatic rings. The van der Waals surface area contributed by atoms with Gasteiger partial charge < -0.3 is 68.9 Å². The molecular formula is C50H81N4O15P. The molecule has 0 radical (unpaired) electrons. The van der Waals surface area contributed by atoms with Crippen LogP contribution in [-0.4, -0.2) is 159 Å². The van der Waals surface area contributed by atoms with Crippen LogP contribution in [-0.2, 0) is 32.8 Å². The van der Waals surface area contributed by atoms with Crippen molar-refractivity contribution in [2.24, 2.45) is 23.2 Å². The first kappa shape index (κ1) is 60.9. The Morgan fingerprint density at radius 1 is 1.09 bits per heavy atom. The van der Waals surface area contributed by atoms with Crippen LogP contribution in [0.4, 0.5) is 0 Å². The molecular weight excluding hydrogens is 928 g/mol. The summed E-state index contributed by atoms with van der Waals surface area (Å²) in [4.78, 5) is 39.2. The van der Waals surface area contributed by atoms with Crippen LogP contribution in [0, 0.1) is 34.5 Å². The minimum Gasteiger partial charge on any atom is -0.448 e. The number of phosphoric acid groups is 1. The Kier molecular flexibility index (Phi) is 23.5. The van der Waals surface area contributed by atoms with Crippen molar-refractivity contribution in [3.8, 4) is 6.07 Å². The number of rotatable bonds is 26. The smallest absolute Gasteiger partial charge is 0.448 e. The number of nitriles is 1. The second-order valence-electron chi connectivity index (χ2n) is 19.9. The van der Waals surface area contributed by atoms with Gasteiger partial charge in [-0.3, -0.25) is 9.32 Å². The number of carbonyl (C=O) groups excluding carboxylic acids is 1. The van der Waals surface area contributed by atoms with Crippen LogP contribution in [0.5, 0.6) is 0 Å². The van der Waals surface area contributed by atoms with Crippen LogP contribution >= 0.6 is 7.82 Å². The molecule has 8 N–H and O–H groups in total. The summed E-state index contributed by atoms with van der Waals surface area (Å²) in [5.41, 5.74) is 1.87. The highest BCUT2D eigenvalue weighted by atomic mass is 31.2. The van der Waals surface area contributed by atoms with Crippen molar-refractivity contribution >= 4 is 19.8 Å². The van der Waals surface area contributed by atoms with Crippen LogP contribution in [0.1, 0.15) is 105 Å². The van der Waals surface area contributed by atoms with E-state index in [-0.39, 0.29) is 44.2 Å². The maximum atomic E-state index is 12.6. The summed E-state index contributed by atoms with van der Waals surface area (Å²) < 4.78 is 48.2. The number of nitrogens with one attached hydrogen (secondary N) is 1. The Hall–Kier alpha value is -3.42. The Labute approximate surface area is 414 Å². The summed E-state index contributed by atoms with van der Waals surface area (Å²) in [5.74, 6) is -3.63. The van der Waals surface area contributed by atoms with Crippen molar-refractivity contribution in [3.05, 3.63) is 71.0 Å². The van der Waals surface area contributed by atoms with Gasteiger partial charge in [0.25, 0.3) is 5.91 Å². The predicted octanol–water partition coefficient (Wildman–Crippen LogP) is 4.69. The summed E-state index contributed by atoms with van der Waals surface area (Å²) in [7, 11) is 1.12. The molecule has 2 fully saturated rings. The van der Waals surface area contributed by atoms with Gasteiger partial charge in [-0.05, 0) is 64.9 Å². The molecule has 1 aromatic heterocycles. The Balaban J connectivity index is 1.74. The van der Waals surface area contributed by atoms with E-state index in [2.05, 4.69) is 10.3 Å². The monoisotopic (exact) mass is 1010 g/mol. The van der Waals surface area contributed by atoms with E-state index >= 15 is 0 Å². The first-order valence-corrected chi connectivity index (χ1v) is 25.4. The number of methoxy groups -OCH3 is 2. The zero-order valence-corrected chi connectivity index (χ0v) is 44.0. The number of phosphoric ester groups is 1. The molecule has 3 rings (SSSR count). The molecule has 2 saturated heterocycles. The van der Waals surface area contributed by atoms with Gasteiger partial charge in [-0.1, -0.05) is 77.5 Å². The van der Waals surface area contributed by atoms with Crippen LogP contribution in [0.2, 0.25) is 0 Å². The van der Waals surface area contributed by atoms with Crippen LogP contribution < -0.4 is 5.32 Å². The number of allylic oxidation sites excluding steroid dienone is 7. The largest absolute Gasteiger partial charge is 0.469 e. The van der Waals surface area contributed by atoms with Gasteiger partial charge >= 0.3 is 7.82 Å². The van der Waals surface area contributed by atoms with Crippen LogP contribution in [0.25, 0.3) is 6.08 Å². The molecule has 15 atom stereocenters. The van der Waals surface area contributed by atoms with Crippen molar-refractivity contribution < 1.29 is 72.6 Å². The number of aliphatic hydroxyl groups excluding tert-OH is 5. The summed E-state index contributed by atoms with van der Waals surface area (Å²) in [5, 5.41) is 67.1. The highest BCUT2D eigenvalue weighted by molar-refractivity contribution is 7.46. The maximum Gasteiger partial charge on any atom is 0.469 e. The number of carbonyl (C=O) groups is 1. The van der Waals surface area contributed by atoms with Crippen molar-refractivity contribution in [2.45, 2.75) is 161 Å². The minimum atomic E-state index is -5.15. The Morgan fingerprint density at radius 3 is 2.36 bits per heavy atom. The van der Waals surface area contributed by atoms with Crippen molar-refractivity contribution in [2.75, 3.05) is 41.5 Å². The van der Waals surface area contributed by atoms with E-state index in [0.717, 1.165) is 16.7 Å². The molecule has 1 amide bonds. The third-order valence-corrected chi connectivity index (χ3v) is 14.5. The van der Waals surface area contributed by atoms with Gasteiger partial charge in [-0.2, -0.15) is 5.26 Å². The number of hydrogen-bond acceptors (Lipinski definition) is 16. The predicted molar refractivity (Wildman–Crippen MR) is 262 cm³/mol. The molecule has 1 aromatic rings. The van der Waals surface area contributed by atoms with Crippen molar-refractivity contribution in [3.63, 3.8) is 0 Å². The van der Waals surface area contributed by atoms with E-state index in [1.165, 1.54) is 26.6 Å². The Bertz CT molecular complexity index is 2080. The number of aromatic nitrogens is 1. The molecule has 6 unspecified atom stereocenters. The molecule has 0 bridgehead atoms. The molecule has 0 aromatic carbocycles. The van der Waals surface area contributed by atoms with Crippen LogP contribution in [0.3, 0.4) is 0 Å². The molecule has 3 heterocycles. The fraction of sp³-hybridized carbons (Fsp3) is 0.700. The van der Waals surface area contributed by atoms with Gasteiger partial charge in [0.05, 0.1) is 49.2 Å². The lowest BCUT2D eigenvalue weighted by molar-refractivity contribution is -0.334. The van der Waals surface area contributed by atoms with Gasteiger partial charge in [0, 0.05) is 68.8 Å². The zero-order chi connectivity index (χ0) is 52.9. The van der Waals surface area contributed by atoms with Crippen molar-refractivity contribution in [1.82, 2.24) is 15.2 Å². The summed E-state index contributed by atoms with van der Waals surface area (Å²) in [6.07, 6.45) is 4.10. The molecule has 396 valence electrons. The number of hydrogen-bond donors (Lipinski definition) is 8. The second-order valence-corrected chi connectivity index (χ2v) is 21.1. The SMILES string of the molecule is COC[C@@H](C(O)[C@H](O)C(=O)NCCC(C)c1nc(/C=C/CC2OC3(C[C@@H](O)[C@@H]2C)O[C@H]([C@H](C[C@H](O)C(C)[C@H](O)C(C)/C=C(C)/C(C)=C/C=C/C(C)=C/C#N)OC)[C@H](OP(=O)(O)O)C3(C)C)co1)N(C)C. The average molecular weight is 1010 g/mol. The lowest BCUT2D eigenvalue weighted by Gasteiger charge is -2.50. The normalized spacial score (nSPS) is 27.6. The number of ether oxygens (including phenoxy) is 4. The van der Waals surface area contributed by atoms with Crippen LogP contribution in [0.15, 0.2) is 63.9 Å². The van der Waals surface area contributed by atoms with E-state index in [9.17, 15) is 44.7 Å². The minimum absolute atomic E-state index is 0.0645. The fourth-order valence-electron chi connectivity index (χ4n) is 8.96. The molecule has 20 heteroatoms. The molecule has 2 aliphatic heterocycles. The third-order valence-electron chi connectivity index (χ3n) is 14.0. The first-order valence-electron chi connectivity index (χ1n) is 23.8. The van der Waals surface area contributed by atoms with E-state index in [1.807, 2.05) is 78.0 Å². The fourth-order valence-corrected chi connectivity index (χ4v) is 9.64. The molecule has 70 heavy (non-hydrogen) atoms. The zero-order valence-electron chi connectivity index (χ0n) is 43.1. The average Bonchev–Trinajstić information content (AvgIpc) is 3.84. The summed E-state index contributed by atoms with van der Waals surface area (Å²) in [6, 6.07) is 1.40. The number of aliphatic hydroxyl groups is 5. The number of likely N-dealkylation sites (N-methyl/N-ethyl adjacent to an activating group) is 1. The Morgan fingerprint density at radius 2 is 1.76 bits per heavy atom. The first-order chi connectivity index (χ1) is 32.6. The molecule has 0 saturated carbocycles. The lowest BCUT2D eigenvalue weighted by atomic mass is 9.72. The quantitative estimate of drug-likeness (QED) is 0.0355. The highest BCUT2D eigenvalue weighted by Gasteiger charge is 2.68. The van der Waals surface area contributed by atoms with Gasteiger partial charge in [0.2, 0.25) is 0 Å². The third kappa shape index (κ3) is 16.3. The standard InChI is InChI=1S/C50H81N4O15P/c1-29(20-22-51)16-14-17-30(2)32(4)24-33(5)42(57)35(7)38(55)25-41(65-13)45-46(69-70(61,62)63)49(8,9)50(68-45)26-39(56)34(6)40(67-50)19-15-18-36-27-66-48(53-36)31(3)21-23-52-47(60)44(59)43(58)37(28-64-12)54(10)11/h14-18,20,24,27,31,33-35,37-46,55-59H,19,21,23,25-26,28H2,1-13H3,(H,52,60)(H2,61,62,63)/b16-14+,18-15+,29-20+,30-17+,32-24+/t31?,33?,34-,35?,37-,38-,39+,40?,41-,42+,43?,44-,45+,46-,50?/m0/s1. The van der Waals surface area contributed by atoms with E-state index in [0.29, 0.717) is 18.0 Å². The van der Waals surface area contributed by atoms with E-state index < -0.39 is 97.7 Å². The molecule has 1 spiro atoms. The number of amides is 1. The van der Waals surface area contributed by atoms with Gasteiger partial charge in [-0.25, -0.2) is 9.55 Å². The van der Waals surface area contributed by atoms with Gasteiger partial charge in [-0.15, -0.1) is 0 Å². The van der Waals surface area contributed by atoms with Gasteiger partial charge in [0.1, 0.15) is 30.3 Å². The van der Waals surface area contributed by atoms with Crippen molar-refractivity contribution in [1.29, 1.82) is 5.26 Å². The van der Waals surface area contributed by atoms with E-state index in [1.54, 1.807) is 45.8 Å². The summed E-state index contributed by atoms with van der Waals surface area (Å²) in [6.45, 7) is 16.6. The van der Waals surface area contributed by atoms with E-state index in [4.69, 9.17) is 33.2 Å². The molecule has 0 aliphatic carbocycles. The maximum absolute atomic E-state index is 12.6. The second kappa shape index (κ2) is 27.0. The number of nitrogens with zero attached hydrogens (tertiary/aromatic N) is 3. The number of oxazole rings is 1. The topological polar surface area (TPSA) is 287 Å². The summed E-state index contributed by atoms with van der Waals surface area (Å²) >= 11 is 0. The molecule has 19 nitrogen and oxygen atoms in total. The van der Waals surface area contributed by atoms with Gasteiger partial charge in [0.15, 0.2) is 17.8 Å².